The van der Waals surface area contributed by atoms with E-state index in [1.807, 2.05) is 0 Å². The Morgan fingerprint density at radius 2 is 0.711 bits per heavy atom. The second kappa shape index (κ2) is 31.0. The van der Waals surface area contributed by atoms with Crippen molar-refractivity contribution in [3.05, 3.63) is 17.9 Å². The number of rotatable bonds is 31. The van der Waals surface area contributed by atoms with Crippen molar-refractivity contribution in [2.45, 2.75) is 175 Å². The third-order valence-corrected chi connectivity index (χ3v) is 8.23. The van der Waals surface area contributed by atoms with Gasteiger partial charge in [-0.2, -0.15) is 0 Å². The second-order valence-corrected chi connectivity index (χ2v) is 12.1. The van der Waals surface area contributed by atoms with Crippen LogP contribution in [0.15, 0.2) is 17.9 Å². The molecular weight excluding hydrogens is 460 g/mol. The number of hydrogen-bond donors (Lipinski definition) is 0. The van der Waals surface area contributed by atoms with Crippen molar-refractivity contribution in [2.24, 2.45) is 0 Å². The van der Waals surface area contributed by atoms with Gasteiger partial charge in [-0.25, -0.2) is 0 Å². The van der Waals surface area contributed by atoms with Gasteiger partial charge in [0.2, 0.25) is 0 Å². The first-order valence-electron chi connectivity index (χ1n) is 17.5. The number of nitrogens with zero attached hydrogens (tertiary/aromatic N) is 2. The molecule has 2 nitrogen and oxygen atoms in total. The predicted octanol–water partition coefficient (Wildman–Crippen LogP) is 11.4. The van der Waals surface area contributed by atoms with Gasteiger partial charge in [0.25, 0.3) is 0 Å². The van der Waals surface area contributed by atoms with Crippen LogP contribution in [0.2, 0.25) is 0 Å². The smallest absolute Gasteiger partial charge is 0.0265 e. The van der Waals surface area contributed by atoms with Crippen LogP contribution >= 0.6 is 0 Å². The van der Waals surface area contributed by atoms with Crippen LogP contribution in [-0.2, 0) is 0 Å². The summed E-state index contributed by atoms with van der Waals surface area (Å²) in [7, 11) is 0. The topological polar surface area (TPSA) is 6.48 Å². The monoisotopic (exact) mass is 533 g/mol. The molecule has 0 bridgehead atoms. The lowest BCUT2D eigenvalue weighted by atomic mass is 10.1. The first-order valence-corrected chi connectivity index (χ1v) is 17.5. The van der Waals surface area contributed by atoms with Crippen molar-refractivity contribution in [1.29, 1.82) is 0 Å². The second-order valence-electron chi connectivity index (χ2n) is 12.1. The van der Waals surface area contributed by atoms with E-state index >= 15 is 0 Å². The van der Waals surface area contributed by atoms with E-state index < -0.39 is 0 Å². The number of unbranched alkanes of at least 4 members (excludes halogenated alkanes) is 20. The third-order valence-electron chi connectivity index (χ3n) is 8.23. The highest BCUT2D eigenvalue weighted by atomic mass is 15.2. The summed E-state index contributed by atoms with van der Waals surface area (Å²) in [6.45, 7) is 20.3. The molecule has 0 amide bonds. The van der Waals surface area contributed by atoms with Crippen LogP contribution in [0.4, 0.5) is 0 Å². The Labute approximate surface area is 242 Å². The molecule has 0 heterocycles. The van der Waals surface area contributed by atoms with Crippen molar-refractivity contribution >= 4 is 0 Å². The summed E-state index contributed by atoms with van der Waals surface area (Å²) in [5, 5.41) is 0. The molecule has 226 valence electrons. The molecule has 0 aromatic rings. The highest BCUT2D eigenvalue weighted by molar-refractivity contribution is 4.97. The van der Waals surface area contributed by atoms with Crippen LogP contribution in [0, 0.1) is 0 Å². The number of hydrogen-bond acceptors (Lipinski definition) is 2. The minimum atomic E-state index is 1.04. The Kier molecular flexibility index (Phi) is 30.5. The minimum absolute atomic E-state index is 1.04. The molecule has 0 unspecified atom stereocenters. The van der Waals surface area contributed by atoms with Crippen LogP contribution < -0.4 is 0 Å². The van der Waals surface area contributed by atoms with E-state index in [-0.39, 0.29) is 0 Å². The largest absolute Gasteiger partial charge is 0.302 e. The molecule has 0 saturated heterocycles. The maximum Gasteiger partial charge on any atom is 0.0265 e. The van der Waals surface area contributed by atoms with Crippen LogP contribution in [0.5, 0.6) is 0 Å². The zero-order valence-electron chi connectivity index (χ0n) is 27.1. The quantitative estimate of drug-likeness (QED) is 0.0647. The summed E-state index contributed by atoms with van der Waals surface area (Å²) >= 11 is 0. The van der Waals surface area contributed by atoms with Gasteiger partial charge in [0.1, 0.15) is 0 Å². The van der Waals surface area contributed by atoms with Crippen LogP contribution in [0.3, 0.4) is 0 Å². The first kappa shape index (κ1) is 37.4. The molecule has 0 aliphatic carbocycles. The molecule has 0 aliphatic heterocycles. The molecule has 0 atom stereocenters. The zero-order chi connectivity index (χ0) is 27.9. The average Bonchev–Trinajstić information content (AvgIpc) is 2.93. The highest BCUT2D eigenvalue weighted by Gasteiger charge is 2.10. The fourth-order valence-corrected chi connectivity index (χ4v) is 5.51. The molecule has 0 aromatic heterocycles. The van der Waals surface area contributed by atoms with E-state index in [9.17, 15) is 0 Å². The maximum atomic E-state index is 3.91. The molecule has 0 spiro atoms. The van der Waals surface area contributed by atoms with E-state index in [1.165, 1.54) is 186 Å². The van der Waals surface area contributed by atoms with Crippen LogP contribution in [-0.4, -0.2) is 49.1 Å². The predicted molar refractivity (Wildman–Crippen MR) is 174 cm³/mol. The van der Waals surface area contributed by atoms with Crippen molar-refractivity contribution in [2.75, 3.05) is 39.3 Å². The van der Waals surface area contributed by atoms with E-state index in [0.29, 0.717) is 0 Å². The van der Waals surface area contributed by atoms with Crippen molar-refractivity contribution in [1.82, 2.24) is 9.80 Å². The summed E-state index contributed by atoms with van der Waals surface area (Å²) < 4.78 is 0. The highest BCUT2D eigenvalue weighted by Crippen LogP contribution is 2.13. The molecule has 2 heteroatoms. The van der Waals surface area contributed by atoms with Gasteiger partial charge in [0.05, 0.1) is 0 Å². The van der Waals surface area contributed by atoms with Gasteiger partial charge < -0.3 is 4.90 Å². The van der Waals surface area contributed by atoms with Crippen molar-refractivity contribution < 1.29 is 0 Å². The van der Waals surface area contributed by atoms with Gasteiger partial charge in [-0.1, -0.05) is 156 Å². The van der Waals surface area contributed by atoms with Crippen LogP contribution in [0.25, 0.3) is 0 Å². The van der Waals surface area contributed by atoms with E-state index in [2.05, 4.69) is 49.8 Å². The fraction of sp³-hybridized carbons (Fsp3) is 0.917. The summed E-state index contributed by atoms with van der Waals surface area (Å²) in [6.07, 6.45) is 32.4. The van der Waals surface area contributed by atoms with Gasteiger partial charge in [-0.15, -0.1) is 5.73 Å². The lowest BCUT2D eigenvalue weighted by Gasteiger charge is -2.28. The van der Waals surface area contributed by atoms with E-state index in [4.69, 9.17) is 0 Å². The zero-order valence-corrected chi connectivity index (χ0v) is 27.1. The maximum absolute atomic E-state index is 3.91. The molecule has 0 radical (unpaired) electrons. The lowest BCUT2D eigenvalue weighted by molar-refractivity contribution is 0.203. The third kappa shape index (κ3) is 27.0. The van der Waals surface area contributed by atoms with Crippen molar-refractivity contribution in [3.63, 3.8) is 0 Å². The van der Waals surface area contributed by atoms with Crippen molar-refractivity contribution in [3.8, 4) is 0 Å². The van der Waals surface area contributed by atoms with E-state index in [1.54, 1.807) is 0 Å². The fourth-order valence-electron chi connectivity index (χ4n) is 5.51. The van der Waals surface area contributed by atoms with Gasteiger partial charge in [-0.3, -0.25) is 4.90 Å². The van der Waals surface area contributed by atoms with E-state index in [0.717, 1.165) is 6.54 Å². The Morgan fingerprint density at radius 3 is 1.05 bits per heavy atom. The molecule has 0 N–H and O–H groups in total. The lowest BCUT2D eigenvalue weighted by Crippen LogP contribution is -2.37. The van der Waals surface area contributed by atoms with Gasteiger partial charge in [0, 0.05) is 19.6 Å². The standard InChI is InChI=1S/C36H72N2/c1-6-10-13-16-19-20-21-23-26-29-32-38(35-36(5)9-4)34-33-37(30-27-24-18-15-12-8-3)31-28-25-22-17-14-11-7-2/h4,6-8,10-35H2,1-3,5H3. The molecule has 0 saturated carbocycles. The Morgan fingerprint density at radius 1 is 0.421 bits per heavy atom. The SMILES string of the molecule is C=C=C(C)CN(CCCCCCCCCCCC)CCN(CCCCCCCC)CCCCCCCCC. The van der Waals surface area contributed by atoms with Gasteiger partial charge in [0.15, 0.2) is 0 Å². The van der Waals surface area contributed by atoms with Gasteiger partial charge >= 0.3 is 0 Å². The summed E-state index contributed by atoms with van der Waals surface area (Å²) in [6, 6.07) is 0. The van der Waals surface area contributed by atoms with Gasteiger partial charge in [-0.05, 0) is 51.4 Å². The molecular formula is C36H72N2. The van der Waals surface area contributed by atoms with Crippen LogP contribution in [0.1, 0.15) is 175 Å². The molecule has 38 heavy (non-hydrogen) atoms. The minimum Gasteiger partial charge on any atom is -0.302 e. The summed E-state index contributed by atoms with van der Waals surface area (Å²) in [5.41, 5.74) is 4.45. The normalized spacial score (nSPS) is 11.5. The molecule has 0 aliphatic rings. The summed E-state index contributed by atoms with van der Waals surface area (Å²) in [5.74, 6) is 0. The summed E-state index contributed by atoms with van der Waals surface area (Å²) in [4.78, 5) is 5.49. The Bertz CT molecular complexity index is 507. The average molecular weight is 533 g/mol. The molecule has 0 fully saturated rings. The molecule has 0 rings (SSSR count). The molecule has 0 aromatic carbocycles. The Balaban J connectivity index is 4.43. The first-order chi connectivity index (χ1) is 18.7. The Hall–Kier alpha value is -0.560.